The second-order valence-corrected chi connectivity index (χ2v) is 7.37. The number of carbonyl (C=O) groups excluding carboxylic acids is 2. The lowest BCUT2D eigenvalue weighted by atomic mass is 9.95. The average molecular weight is 371 g/mol. The number of halogens is 1. The van der Waals surface area contributed by atoms with Gasteiger partial charge in [-0.3, -0.25) is 9.59 Å². The van der Waals surface area contributed by atoms with Crippen molar-refractivity contribution in [3.8, 4) is 0 Å². The molecule has 2 aromatic rings. The van der Waals surface area contributed by atoms with Crippen molar-refractivity contribution in [1.82, 2.24) is 15.4 Å². The number of hydrogen-bond donors (Lipinski definition) is 1. The number of aromatic nitrogens is 1. The second-order valence-electron chi connectivity index (χ2n) is 7.37. The molecule has 2 fully saturated rings. The van der Waals surface area contributed by atoms with Gasteiger partial charge in [-0.05, 0) is 43.9 Å². The number of amides is 2. The topological polar surface area (TPSA) is 75.4 Å². The van der Waals surface area contributed by atoms with E-state index in [1.54, 1.807) is 17.9 Å². The predicted octanol–water partition coefficient (Wildman–Crippen LogP) is 2.65. The van der Waals surface area contributed by atoms with Gasteiger partial charge in [0.15, 0.2) is 0 Å². The summed E-state index contributed by atoms with van der Waals surface area (Å²) >= 11 is 0. The van der Waals surface area contributed by atoms with E-state index < -0.39 is 0 Å². The lowest BCUT2D eigenvalue weighted by Crippen LogP contribution is -2.43. The first-order chi connectivity index (χ1) is 13.0. The Balaban J connectivity index is 1.27. The minimum Gasteiger partial charge on any atom is -0.361 e. The number of carbonyl (C=O) groups is 2. The van der Waals surface area contributed by atoms with Crippen LogP contribution in [0.1, 0.15) is 46.9 Å². The number of rotatable bonds is 4. The molecule has 1 aliphatic heterocycles. The molecule has 1 aromatic carbocycles. The highest BCUT2D eigenvalue weighted by Gasteiger charge is 2.41. The van der Waals surface area contributed by atoms with Gasteiger partial charge in [0, 0.05) is 31.0 Å². The Hall–Kier alpha value is -2.70. The van der Waals surface area contributed by atoms with Crippen molar-refractivity contribution >= 4 is 11.8 Å². The number of benzene rings is 1. The van der Waals surface area contributed by atoms with Gasteiger partial charge in [0.1, 0.15) is 17.1 Å². The summed E-state index contributed by atoms with van der Waals surface area (Å²) in [5, 5.41) is 6.73. The molecule has 6 nitrogen and oxygen atoms in total. The summed E-state index contributed by atoms with van der Waals surface area (Å²) in [7, 11) is 0. The fourth-order valence-electron chi connectivity index (χ4n) is 3.78. The van der Waals surface area contributed by atoms with Crippen LogP contribution >= 0.6 is 0 Å². The van der Waals surface area contributed by atoms with Gasteiger partial charge in [-0.1, -0.05) is 17.3 Å². The zero-order valence-electron chi connectivity index (χ0n) is 15.2. The maximum Gasteiger partial charge on any atom is 0.259 e. The minimum absolute atomic E-state index is 0.0344. The van der Waals surface area contributed by atoms with Crippen molar-refractivity contribution in [3.63, 3.8) is 0 Å². The van der Waals surface area contributed by atoms with Crippen LogP contribution in [0.5, 0.6) is 0 Å². The molecule has 0 unspecified atom stereocenters. The van der Waals surface area contributed by atoms with Crippen molar-refractivity contribution < 1.29 is 18.5 Å². The van der Waals surface area contributed by atoms with Crippen LogP contribution in [0, 0.1) is 18.7 Å². The fourth-order valence-corrected chi connectivity index (χ4v) is 3.78. The summed E-state index contributed by atoms with van der Waals surface area (Å²) in [5.41, 5.74) is 1.42. The van der Waals surface area contributed by atoms with Crippen molar-refractivity contribution in [2.45, 2.75) is 38.1 Å². The summed E-state index contributed by atoms with van der Waals surface area (Å²) < 4.78 is 18.3. The van der Waals surface area contributed by atoms with Crippen LogP contribution in [0.25, 0.3) is 0 Å². The van der Waals surface area contributed by atoms with Gasteiger partial charge in [-0.2, -0.15) is 0 Å². The Morgan fingerprint density at radius 1 is 1.30 bits per heavy atom. The van der Waals surface area contributed by atoms with Gasteiger partial charge < -0.3 is 14.7 Å². The standard InChI is InChI=1S/C20H22FN3O3/c1-12-17(11-22-27-12)20(26)24-7-5-13(6-8-24)19(25)23-18-10-16(18)14-3-2-4-15(21)9-14/h2-4,9,11,13,16,18H,5-8,10H2,1H3,(H,23,25)/t16-,18+/m0/s1. The maximum absolute atomic E-state index is 13.3. The van der Waals surface area contributed by atoms with E-state index in [4.69, 9.17) is 4.52 Å². The molecule has 2 amide bonds. The Labute approximate surface area is 156 Å². The predicted molar refractivity (Wildman–Crippen MR) is 95.6 cm³/mol. The molecule has 1 saturated carbocycles. The van der Waals surface area contributed by atoms with Crippen molar-refractivity contribution in [2.75, 3.05) is 13.1 Å². The summed E-state index contributed by atoms with van der Waals surface area (Å²) in [4.78, 5) is 26.8. The van der Waals surface area contributed by atoms with Gasteiger partial charge in [0.2, 0.25) is 5.91 Å². The summed E-state index contributed by atoms with van der Waals surface area (Å²) in [6.45, 7) is 2.80. The van der Waals surface area contributed by atoms with Crippen LogP contribution in [-0.2, 0) is 4.79 Å². The van der Waals surface area contributed by atoms with Crippen molar-refractivity contribution in [3.05, 3.63) is 53.2 Å². The minimum atomic E-state index is -0.246. The molecule has 2 aliphatic rings. The first-order valence-electron chi connectivity index (χ1n) is 9.29. The van der Waals surface area contributed by atoms with E-state index in [0.717, 1.165) is 12.0 Å². The van der Waals surface area contributed by atoms with Gasteiger partial charge in [0.25, 0.3) is 5.91 Å². The number of likely N-dealkylation sites (tertiary alicyclic amines) is 1. The lowest BCUT2D eigenvalue weighted by molar-refractivity contribution is -0.126. The zero-order chi connectivity index (χ0) is 19.0. The monoisotopic (exact) mass is 371 g/mol. The third-order valence-corrected chi connectivity index (χ3v) is 5.53. The largest absolute Gasteiger partial charge is 0.361 e. The Bertz CT molecular complexity index is 858. The molecule has 7 heteroatoms. The average Bonchev–Trinajstić information content (AvgIpc) is 3.31. The van der Waals surface area contributed by atoms with Crippen LogP contribution < -0.4 is 5.32 Å². The molecular weight excluding hydrogens is 349 g/mol. The molecule has 0 bridgehead atoms. The van der Waals surface area contributed by atoms with Crippen LogP contribution in [0.15, 0.2) is 35.0 Å². The second kappa shape index (κ2) is 7.13. The number of piperidine rings is 1. The molecule has 1 aromatic heterocycles. The summed E-state index contributed by atoms with van der Waals surface area (Å²) in [6.07, 6.45) is 3.56. The van der Waals surface area contributed by atoms with E-state index in [2.05, 4.69) is 10.5 Å². The third-order valence-electron chi connectivity index (χ3n) is 5.53. The Morgan fingerprint density at radius 2 is 2.07 bits per heavy atom. The number of hydrogen-bond acceptors (Lipinski definition) is 4. The fraction of sp³-hybridized carbons (Fsp3) is 0.450. The van der Waals surface area contributed by atoms with E-state index in [1.165, 1.54) is 18.3 Å². The quantitative estimate of drug-likeness (QED) is 0.897. The molecule has 1 N–H and O–H groups in total. The van der Waals surface area contributed by atoms with Gasteiger partial charge in [-0.25, -0.2) is 4.39 Å². The van der Waals surface area contributed by atoms with Gasteiger partial charge in [0.05, 0.1) is 6.20 Å². The van der Waals surface area contributed by atoms with E-state index >= 15 is 0 Å². The molecule has 142 valence electrons. The molecule has 1 saturated heterocycles. The number of aryl methyl sites for hydroxylation is 1. The summed E-state index contributed by atoms with van der Waals surface area (Å²) in [6, 6.07) is 6.64. The Morgan fingerprint density at radius 3 is 2.74 bits per heavy atom. The molecule has 4 rings (SSSR count). The van der Waals surface area contributed by atoms with Crippen molar-refractivity contribution in [2.24, 2.45) is 5.92 Å². The molecule has 1 aliphatic carbocycles. The van der Waals surface area contributed by atoms with Crippen molar-refractivity contribution in [1.29, 1.82) is 0 Å². The summed E-state index contributed by atoms with van der Waals surface area (Å²) in [5.74, 6) is 0.309. The van der Waals surface area contributed by atoms with Gasteiger partial charge in [-0.15, -0.1) is 0 Å². The normalized spacial score (nSPS) is 22.5. The molecule has 27 heavy (non-hydrogen) atoms. The highest BCUT2D eigenvalue weighted by Crippen LogP contribution is 2.41. The highest BCUT2D eigenvalue weighted by molar-refractivity contribution is 5.95. The molecular formula is C20H22FN3O3. The van der Waals surface area contributed by atoms with Crippen LogP contribution in [0.3, 0.4) is 0 Å². The maximum atomic E-state index is 13.3. The first kappa shape index (κ1) is 17.7. The van der Waals surface area contributed by atoms with E-state index in [9.17, 15) is 14.0 Å². The smallest absolute Gasteiger partial charge is 0.259 e. The zero-order valence-corrected chi connectivity index (χ0v) is 15.2. The SMILES string of the molecule is Cc1oncc1C(=O)N1CCC(C(=O)N[C@@H]2C[C@H]2c2cccc(F)c2)CC1. The number of nitrogens with zero attached hydrogens (tertiary/aromatic N) is 2. The van der Waals surface area contributed by atoms with Gasteiger partial charge >= 0.3 is 0 Å². The number of nitrogens with one attached hydrogen (secondary N) is 1. The lowest BCUT2D eigenvalue weighted by Gasteiger charge is -2.31. The van der Waals surface area contributed by atoms with Crippen LogP contribution in [0.2, 0.25) is 0 Å². The highest BCUT2D eigenvalue weighted by atomic mass is 19.1. The third kappa shape index (κ3) is 3.72. The van der Waals surface area contributed by atoms with Crippen LogP contribution in [0.4, 0.5) is 4.39 Å². The molecule has 2 atom stereocenters. The van der Waals surface area contributed by atoms with E-state index in [-0.39, 0.29) is 35.5 Å². The Kier molecular flexibility index (Phi) is 4.68. The molecule has 0 radical (unpaired) electrons. The molecule has 0 spiro atoms. The van der Waals surface area contributed by atoms with E-state index in [0.29, 0.717) is 37.3 Å². The first-order valence-corrected chi connectivity index (χ1v) is 9.29. The molecule has 2 heterocycles. The van der Waals surface area contributed by atoms with Crippen LogP contribution in [-0.4, -0.2) is 41.0 Å². The van der Waals surface area contributed by atoms with E-state index in [1.807, 2.05) is 6.07 Å².